The molecule has 2 rings (SSSR count). The summed E-state index contributed by atoms with van der Waals surface area (Å²) in [5.74, 6) is 2.03. The summed E-state index contributed by atoms with van der Waals surface area (Å²) in [4.78, 5) is 4.49. The first-order valence-electron chi connectivity index (χ1n) is 7.25. The number of hydrogen-bond acceptors (Lipinski definition) is 4. The Hall–Kier alpha value is -2.07. The van der Waals surface area contributed by atoms with Crippen molar-refractivity contribution in [2.24, 2.45) is 0 Å². The standard InChI is InChI=1S/C17H22N2O2/c1-4-11-20-15-7-5-6-8-16(15)21-17-10-9-14(12-18-3)13(2)19-17/h5-10,18H,4,11-12H2,1-3H3. The van der Waals surface area contributed by atoms with Crippen LogP contribution in [-0.2, 0) is 6.54 Å². The quantitative estimate of drug-likeness (QED) is 0.843. The summed E-state index contributed by atoms with van der Waals surface area (Å²) in [7, 11) is 1.92. The van der Waals surface area contributed by atoms with Gasteiger partial charge in [-0.3, -0.25) is 0 Å². The van der Waals surface area contributed by atoms with Crippen LogP contribution in [0.25, 0.3) is 0 Å². The third-order valence-electron chi connectivity index (χ3n) is 3.06. The minimum Gasteiger partial charge on any atom is -0.490 e. The van der Waals surface area contributed by atoms with Crippen LogP contribution in [0.2, 0.25) is 0 Å². The van der Waals surface area contributed by atoms with Crippen molar-refractivity contribution >= 4 is 0 Å². The summed E-state index contributed by atoms with van der Waals surface area (Å²) in [5, 5.41) is 3.13. The monoisotopic (exact) mass is 286 g/mol. The van der Waals surface area contributed by atoms with Crippen LogP contribution in [0.5, 0.6) is 17.4 Å². The molecule has 0 radical (unpaired) electrons. The lowest BCUT2D eigenvalue weighted by molar-refractivity contribution is 0.300. The number of nitrogens with zero attached hydrogens (tertiary/aromatic N) is 1. The number of benzene rings is 1. The summed E-state index contributed by atoms with van der Waals surface area (Å²) < 4.78 is 11.6. The Morgan fingerprint density at radius 2 is 1.86 bits per heavy atom. The molecule has 1 heterocycles. The maximum absolute atomic E-state index is 5.86. The molecule has 21 heavy (non-hydrogen) atoms. The van der Waals surface area contributed by atoms with Crippen LogP contribution in [0.3, 0.4) is 0 Å². The molecule has 4 nitrogen and oxygen atoms in total. The lowest BCUT2D eigenvalue weighted by Crippen LogP contribution is -2.07. The minimum absolute atomic E-state index is 0.583. The van der Waals surface area contributed by atoms with Gasteiger partial charge in [0.2, 0.25) is 5.88 Å². The van der Waals surface area contributed by atoms with Crippen molar-refractivity contribution in [1.82, 2.24) is 10.3 Å². The number of para-hydroxylation sites is 2. The zero-order valence-electron chi connectivity index (χ0n) is 12.8. The molecule has 0 aliphatic heterocycles. The molecule has 0 aliphatic rings. The normalized spacial score (nSPS) is 10.4. The first-order valence-corrected chi connectivity index (χ1v) is 7.25. The van der Waals surface area contributed by atoms with Crippen LogP contribution in [0, 0.1) is 6.92 Å². The van der Waals surface area contributed by atoms with Gasteiger partial charge < -0.3 is 14.8 Å². The molecule has 0 saturated heterocycles. The van der Waals surface area contributed by atoms with Crippen LogP contribution in [-0.4, -0.2) is 18.6 Å². The van der Waals surface area contributed by atoms with Gasteiger partial charge in [0.05, 0.1) is 6.61 Å². The Labute approximate surface area is 126 Å². The van der Waals surface area contributed by atoms with Gasteiger partial charge in [-0.2, -0.15) is 0 Å². The van der Waals surface area contributed by atoms with Crippen molar-refractivity contribution in [3.05, 3.63) is 47.7 Å². The van der Waals surface area contributed by atoms with Gasteiger partial charge >= 0.3 is 0 Å². The average molecular weight is 286 g/mol. The molecule has 0 bridgehead atoms. The van der Waals surface area contributed by atoms with Crippen molar-refractivity contribution in [3.63, 3.8) is 0 Å². The highest BCUT2D eigenvalue weighted by Gasteiger charge is 2.07. The molecule has 2 aromatic rings. The molecular formula is C17H22N2O2. The van der Waals surface area contributed by atoms with Gasteiger partial charge in [0.1, 0.15) is 0 Å². The van der Waals surface area contributed by atoms with Crippen molar-refractivity contribution in [2.45, 2.75) is 26.8 Å². The summed E-state index contributed by atoms with van der Waals surface area (Å²) in [6.45, 7) is 5.54. The van der Waals surface area contributed by atoms with Gasteiger partial charge in [-0.05, 0) is 38.1 Å². The molecule has 0 atom stereocenters. The minimum atomic E-state index is 0.583. The van der Waals surface area contributed by atoms with Gasteiger partial charge in [0, 0.05) is 18.3 Å². The first kappa shape index (κ1) is 15.3. The molecular weight excluding hydrogens is 264 g/mol. The third-order valence-corrected chi connectivity index (χ3v) is 3.06. The molecule has 1 aromatic heterocycles. The van der Waals surface area contributed by atoms with Crippen LogP contribution in [0.15, 0.2) is 36.4 Å². The Morgan fingerprint density at radius 1 is 1.10 bits per heavy atom. The zero-order valence-corrected chi connectivity index (χ0v) is 12.8. The van der Waals surface area contributed by atoms with Crippen molar-refractivity contribution < 1.29 is 9.47 Å². The Bertz CT molecular complexity index is 585. The van der Waals surface area contributed by atoms with Crippen LogP contribution in [0.4, 0.5) is 0 Å². The maximum Gasteiger partial charge on any atom is 0.219 e. The van der Waals surface area contributed by atoms with Gasteiger partial charge in [-0.15, -0.1) is 0 Å². The maximum atomic E-state index is 5.86. The second-order valence-corrected chi connectivity index (χ2v) is 4.82. The number of hydrogen-bond donors (Lipinski definition) is 1. The molecule has 0 fully saturated rings. The van der Waals surface area contributed by atoms with Crippen molar-refractivity contribution in [2.75, 3.05) is 13.7 Å². The summed E-state index contributed by atoms with van der Waals surface area (Å²) in [6, 6.07) is 11.6. The fourth-order valence-electron chi connectivity index (χ4n) is 1.98. The Kier molecular flexibility index (Phi) is 5.58. The predicted molar refractivity (Wildman–Crippen MR) is 84.0 cm³/mol. The van der Waals surface area contributed by atoms with Gasteiger partial charge in [-0.25, -0.2) is 4.98 Å². The largest absolute Gasteiger partial charge is 0.490 e. The molecule has 1 N–H and O–H groups in total. The summed E-state index contributed by atoms with van der Waals surface area (Å²) in [6.07, 6.45) is 0.963. The topological polar surface area (TPSA) is 43.4 Å². The lowest BCUT2D eigenvalue weighted by Gasteiger charge is -2.12. The number of ether oxygens (including phenoxy) is 2. The van der Waals surface area contributed by atoms with E-state index in [1.807, 2.05) is 50.4 Å². The van der Waals surface area contributed by atoms with Gasteiger partial charge in [0.25, 0.3) is 0 Å². The number of aryl methyl sites for hydroxylation is 1. The van der Waals surface area contributed by atoms with E-state index < -0.39 is 0 Å². The highest BCUT2D eigenvalue weighted by Crippen LogP contribution is 2.30. The number of pyridine rings is 1. The smallest absolute Gasteiger partial charge is 0.219 e. The molecule has 0 spiro atoms. The molecule has 1 aromatic carbocycles. The van der Waals surface area contributed by atoms with Crippen LogP contribution >= 0.6 is 0 Å². The fourth-order valence-corrected chi connectivity index (χ4v) is 1.98. The third kappa shape index (κ3) is 4.20. The van der Waals surface area contributed by atoms with Crippen LogP contribution < -0.4 is 14.8 Å². The number of aromatic nitrogens is 1. The van der Waals surface area contributed by atoms with E-state index >= 15 is 0 Å². The second-order valence-electron chi connectivity index (χ2n) is 4.82. The highest BCUT2D eigenvalue weighted by molar-refractivity contribution is 5.42. The van der Waals surface area contributed by atoms with Crippen LogP contribution in [0.1, 0.15) is 24.6 Å². The van der Waals surface area contributed by atoms with Gasteiger partial charge in [-0.1, -0.05) is 25.1 Å². The van der Waals surface area contributed by atoms with E-state index in [2.05, 4.69) is 17.2 Å². The second kappa shape index (κ2) is 7.64. The fraction of sp³-hybridized carbons (Fsp3) is 0.353. The molecule has 4 heteroatoms. The molecule has 0 unspecified atom stereocenters. The van der Waals surface area contributed by atoms with E-state index in [9.17, 15) is 0 Å². The predicted octanol–water partition coefficient (Wildman–Crippen LogP) is 3.69. The van der Waals surface area contributed by atoms with Crippen molar-refractivity contribution in [1.29, 1.82) is 0 Å². The van der Waals surface area contributed by atoms with E-state index in [1.165, 1.54) is 5.56 Å². The molecule has 0 aliphatic carbocycles. The average Bonchev–Trinajstić information content (AvgIpc) is 2.49. The SMILES string of the molecule is CCCOc1ccccc1Oc1ccc(CNC)c(C)n1. The molecule has 112 valence electrons. The van der Waals surface area contributed by atoms with E-state index in [4.69, 9.17) is 9.47 Å². The first-order chi connectivity index (χ1) is 10.2. The molecule has 0 amide bonds. The summed E-state index contributed by atoms with van der Waals surface area (Å²) >= 11 is 0. The summed E-state index contributed by atoms with van der Waals surface area (Å²) in [5.41, 5.74) is 2.13. The number of rotatable bonds is 7. The number of nitrogens with one attached hydrogen (secondary N) is 1. The zero-order chi connectivity index (χ0) is 15.1. The van der Waals surface area contributed by atoms with E-state index in [-0.39, 0.29) is 0 Å². The van der Waals surface area contributed by atoms with E-state index in [1.54, 1.807) is 0 Å². The highest BCUT2D eigenvalue weighted by atomic mass is 16.5. The van der Waals surface area contributed by atoms with Gasteiger partial charge in [0.15, 0.2) is 11.5 Å². The molecule has 0 saturated carbocycles. The Morgan fingerprint density at radius 3 is 2.52 bits per heavy atom. The lowest BCUT2D eigenvalue weighted by atomic mass is 10.2. The van der Waals surface area contributed by atoms with E-state index in [0.717, 1.165) is 24.4 Å². The Balaban J connectivity index is 2.16. The van der Waals surface area contributed by atoms with Crippen molar-refractivity contribution in [3.8, 4) is 17.4 Å². The van der Waals surface area contributed by atoms with E-state index in [0.29, 0.717) is 18.2 Å².